The highest BCUT2D eigenvalue weighted by atomic mass is 31.2. The molecule has 0 spiro atoms. The Morgan fingerprint density at radius 2 is 1.78 bits per heavy atom. The molecule has 0 saturated heterocycles. The van der Waals surface area contributed by atoms with Gasteiger partial charge in [-0.3, -0.25) is 9.36 Å². The van der Waals surface area contributed by atoms with Crippen LogP contribution >= 0.6 is 7.60 Å². The molecule has 1 aromatic carbocycles. The first-order valence-corrected chi connectivity index (χ1v) is 7.18. The quantitative estimate of drug-likeness (QED) is 0.714. The number of ether oxygens (including phenoxy) is 1. The van der Waals surface area contributed by atoms with Crippen molar-refractivity contribution < 1.29 is 23.1 Å². The van der Waals surface area contributed by atoms with Crippen LogP contribution in [0.4, 0.5) is 0 Å². The van der Waals surface area contributed by atoms with Crippen LogP contribution < -0.4 is 4.74 Å². The minimum Gasteiger partial charge on any atom is -0.483 e. The Bertz CT molecular complexity index is 423. The maximum atomic E-state index is 11.8. The van der Waals surface area contributed by atoms with Crippen LogP contribution in [-0.2, 0) is 18.4 Å². The fraction of sp³-hybridized carbons (Fsp3) is 0.417. The minimum absolute atomic E-state index is 0.298. The van der Waals surface area contributed by atoms with Gasteiger partial charge in [0.15, 0.2) is 11.9 Å². The number of carbonyl (C=O) groups is 1. The van der Waals surface area contributed by atoms with E-state index in [1.165, 1.54) is 14.2 Å². The molecule has 0 amide bonds. The highest BCUT2D eigenvalue weighted by Crippen LogP contribution is 2.46. The van der Waals surface area contributed by atoms with Crippen molar-refractivity contribution in [2.24, 2.45) is 0 Å². The number of hydrogen-bond donors (Lipinski definition) is 0. The van der Waals surface area contributed by atoms with Gasteiger partial charge in [-0.05, 0) is 19.1 Å². The Morgan fingerprint density at radius 3 is 2.28 bits per heavy atom. The Hall–Kier alpha value is -1.16. The summed E-state index contributed by atoms with van der Waals surface area (Å²) in [5.74, 6) is 0.258. The SMILES string of the molecule is COP(=O)(CC(=O)C(C)Oc1ccccc1)OC. The minimum atomic E-state index is -3.33. The zero-order valence-electron chi connectivity index (χ0n) is 10.7. The highest BCUT2D eigenvalue weighted by Gasteiger charge is 2.29. The van der Waals surface area contributed by atoms with Crippen molar-refractivity contribution >= 4 is 13.4 Å². The fourth-order valence-corrected chi connectivity index (χ4v) is 2.34. The standard InChI is InChI=1S/C12H17O5P/c1-10(17-11-7-5-4-6-8-11)12(13)9-18(14,15-2)16-3/h4-8,10H,9H2,1-3H3. The first-order chi connectivity index (χ1) is 8.50. The van der Waals surface area contributed by atoms with Gasteiger partial charge >= 0.3 is 7.60 Å². The summed E-state index contributed by atoms with van der Waals surface area (Å²) in [4.78, 5) is 11.8. The molecule has 0 bridgehead atoms. The molecule has 5 nitrogen and oxygen atoms in total. The van der Waals surface area contributed by atoms with E-state index in [0.29, 0.717) is 5.75 Å². The average Bonchev–Trinajstić information content (AvgIpc) is 2.39. The van der Waals surface area contributed by atoms with Gasteiger partial charge in [0.05, 0.1) is 0 Å². The Balaban J connectivity index is 2.60. The smallest absolute Gasteiger partial charge is 0.337 e. The first kappa shape index (κ1) is 14.9. The summed E-state index contributed by atoms with van der Waals surface area (Å²) >= 11 is 0. The topological polar surface area (TPSA) is 61.8 Å². The molecule has 0 aliphatic heterocycles. The van der Waals surface area contributed by atoms with Crippen LogP contribution in [0, 0.1) is 0 Å². The molecule has 1 atom stereocenters. The van der Waals surface area contributed by atoms with Crippen molar-refractivity contribution in [3.05, 3.63) is 30.3 Å². The van der Waals surface area contributed by atoms with E-state index < -0.39 is 13.7 Å². The molecule has 6 heteroatoms. The lowest BCUT2D eigenvalue weighted by Crippen LogP contribution is -2.27. The van der Waals surface area contributed by atoms with Crippen LogP contribution in [0.1, 0.15) is 6.92 Å². The number of para-hydroxylation sites is 1. The molecule has 0 aliphatic carbocycles. The van der Waals surface area contributed by atoms with Gasteiger partial charge in [0, 0.05) is 14.2 Å². The zero-order valence-corrected chi connectivity index (χ0v) is 11.6. The monoisotopic (exact) mass is 272 g/mol. The van der Waals surface area contributed by atoms with Crippen molar-refractivity contribution in [3.8, 4) is 5.75 Å². The van der Waals surface area contributed by atoms with Gasteiger partial charge in [-0.1, -0.05) is 18.2 Å². The van der Waals surface area contributed by atoms with E-state index in [4.69, 9.17) is 13.8 Å². The molecule has 1 aromatic rings. The van der Waals surface area contributed by atoms with Crippen molar-refractivity contribution in [1.29, 1.82) is 0 Å². The van der Waals surface area contributed by atoms with E-state index in [-0.39, 0.29) is 11.9 Å². The molecule has 0 aromatic heterocycles. The van der Waals surface area contributed by atoms with Crippen molar-refractivity contribution in [3.63, 3.8) is 0 Å². The molecule has 0 saturated carbocycles. The van der Waals surface area contributed by atoms with Crippen LogP contribution in [-0.4, -0.2) is 32.3 Å². The molecule has 1 rings (SSSR count). The van der Waals surface area contributed by atoms with Crippen molar-refractivity contribution in [1.82, 2.24) is 0 Å². The van der Waals surface area contributed by atoms with Gasteiger partial charge in [0.25, 0.3) is 0 Å². The summed E-state index contributed by atoms with van der Waals surface area (Å²) in [5, 5.41) is 0. The molecule has 0 radical (unpaired) electrons. The number of rotatable bonds is 7. The van der Waals surface area contributed by atoms with E-state index in [9.17, 15) is 9.36 Å². The lowest BCUT2D eigenvalue weighted by atomic mass is 10.3. The summed E-state index contributed by atoms with van der Waals surface area (Å²) in [5.41, 5.74) is 0. The lowest BCUT2D eigenvalue weighted by Gasteiger charge is -2.17. The molecule has 0 aliphatic rings. The third-order valence-electron chi connectivity index (χ3n) is 2.42. The third kappa shape index (κ3) is 4.26. The van der Waals surface area contributed by atoms with Crippen molar-refractivity contribution in [2.75, 3.05) is 20.4 Å². The maximum absolute atomic E-state index is 11.8. The first-order valence-electron chi connectivity index (χ1n) is 5.45. The van der Waals surface area contributed by atoms with Gasteiger partial charge in [-0.25, -0.2) is 0 Å². The van der Waals surface area contributed by atoms with Gasteiger partial charge in [-0.15, -0.1) is 0 Å². The zero-order chi connectivity index (χ0) is 13.6. The summed E-state index contributed by atoms with van der Waals surface area (Å²) in [6.07, 6.45) is -1.00. The van der Waals surface area contributed by atoms with Crippen LogP contribution in [0.15, 0.2) is 30.3 Å². The van der Waals surface area contributed by atoms with E-state index in [1.807, 2.05) is 18.2 Å². The van der Waals surface area contributed by atoms with Gasteiger partial charge < -0.3 is 13.8 Å². The molecule has 0 N–H and O–H groups in total. The molecule has 1 unspecified atom stereocenters. The number of ketones is 1. The summed E-state index contributed by atoms with van der Waals surface area (Å²) < 4.78 is 26.7. The molecular formula is C12H17O5P. The number of carbonyl (C=O) groups excluding carboxylic acids is 1. The van der Waals surface area contributed by atoms with Crippen LogP contribution in [0.2, 0.25) is 0 Å². The van der Waals surface area contributed by atoms with Crippen LogP contribution in [0.3, 0.4) is 0 Å². The van der Waals surface area contributed by atoms with Crippen molar-refractivity contribution in [2.45, 2.75) is 13.0 Å². The molecule has 0 fully saturated rings. The Kier molecular flexibility index (Phi) is 5.54. The maximum Gasteiger partial charge on any atom is 0.337 e. The van der Waals surface area contributed by atoms with Gasteiger partial charge in [0.1, 0.15) is 11.9 Å². The number of Topliss-reactive ketones (excluding diaryl/α,β-unsaturated/α-hetero) is 1. The third-order valence-corrected chi connectivity index (χ3v) is 4.23. The van der Waals surface area contributed by atoms with Crippen LogP contribution in [0.5, 0.6) is 5.75 Å². The Morgan fingerprint density at radius 1 is 1.22 bits per heavy atom. The number of benzene rings is 1. The second-order valence-electron chi connectivity index (χ2n) is 3.67. The predicted molar refractivity (Wildman–Crippen MR) is 68.0 cm³/mol. The fourth-order valence-electron chi connectivity index (χ4n) is 1.29. The van der Waals surface area contributed by atoms with Gasteiger partial charge in [-0.2, -0.15) is 0 Å². The molecule has 18 heavy (non-hydrogen) atoms. The summed E-state index contributed by atoms with van der Waals surface area (Å²) in [6.45, 7) is 1.60. The van der Waals surface area contributed by atoms with E-state index >= 15 is 0 Å². The van der Waals surface area contributed by atoms with Crippen LogP contribution in [0.25, 0.3) is 0 Å². The summed E-state index contributed by atoms with van der Waals surface area (Å²) in [7, 11) is -0.825. The van der Waals surface area contributed by atoms with E-state index in [1.54, 1.807) is 19.1 Å². The largest absolute Gasteiger partial charge is 0.483 e. The molecule has 0 heterocycles. The van der Waals surface area contributed by atoms with Gasteiger partial charge in [0.2, 0.25) is 0 Å². The highest BCUT2D eigenvalue weighted by molar-refractivity contribution is 7.54. The number of hydrogen-bond acceptors (Lipinski definition) is 5. The molecular weight excluding hydrogens is 255 g/mol. The summed E-state index contributed by atoms with van der Waals surface area (Å²) in [6, 6.07) is 8.96. The molecule has 100 valence electrons. The second kappa shape index (κ2) is 6.69. The lowest BCUT2D eigenvalue weighted by molar-refractivity contribution is -0.122. The normalized spacial score (nSPS) is 13.1. The second-order valence-corrected chi connectivity index (χ2v) is 5.94. The van der Waals surface area contributed by atoms with E-state index in [2.05, 4.69) is 0 Å². The average molecular weight is 272 g/mol. The predicted octanol–water partition coefficient (Wildman–Crippen LogP) is 2.51. The van der Waals surface area contributed by atoms with E-state index in [0.717, 1.165) is 0 Å². The Labute approximate surface area is 107 Å².